The number of nitroso groups, excluding NO2 is 1. The van der Waals surface area contributed by atoms with Crippen molar-refractivity contribution < 1.29 is 9.90 Å². The number of carboxylic acids is 1. The third-order valence-corrected chi connectivity index (χ3v) is 5.91. The van der Waals surface area contributed by atoms with Crippen molar-refractivity contribution in [3.05, 3.63) is 94.2 Å². The Labute approximate surface area is 202 Å². The molecule has 0 fully saturated rings. The highest BCUT2D eigenvalue weighted by atomic mass is 16.4. The van der Waals surface area contributed by atoms with Gasteiger partial charge in [-0.2, -0.15) is 5.26 Å². The minimum absolute atomic E-state index is 0.0855. The number of nitriles is 1. The molecular weight excluding hydrogens is 444 g/mol. The number of nitrogens with zero attached hydrogens (tertiary/aromatic N) is 5. The second-order valence-electron chi connectivity index (χ2n) is 8.22. The summed E-state index contributed by atoms with van der Waals surface area (Å²) in [5.74, 6) is -1.00. The van der Waals surface area contributed by atoms with Crippen LogP contribution in [0.5, 0.6) is 0 Å². The smallest absolute Gasteiger partial charge is 0.305 e. The molecule has 0 amide bonds. The number of rotatable bonds is 9. The second kappa shape index (κ2) is 10.1. The van der Waals surface area contributed by atoms with Crippen LogP contribution < -0.4 is 10.3 Å². The van der Waals surface area contributed by atoms with Crippen molar-refractivity contribution in [1.82, 2.24) is 9.55 Å². The fraction of sp³-hybridized carbons (Fsp3) is 0.192. The van der Waals surface area contributed by atoms with Gasteiger partial charge in [0, 0.05) is 30.7 Å². The predicted molar refractivity (Wildman–Crippen MR) is 134 cm³/mol. The normalized spacial score (nSPS) is 11.6. The number of carboxylic acid groups (broad SMARTS) is 1. The largest absolute Gasteiger partial charge is 0.481 e. The third kappa shape index (κ3) is 4.82. The zero-order valence-electron chi connectivity index (χ0n) is 19.3. The van der Waals surface area contributed by atoms with Crippen LogP contribution in [-0.4, -0.2) is 20.6 Å². The first-order chi connectivity index (χ1) is 16.9. The molecule has 1 unspecified atom stereocenters. The first-order valence-corrected chi connectivity index (χ1v) is 11.0. The molecule has 2 N–H and O–H groups in total. The molecule has 0 saturated heterocycles. The van der Waals surface area contributed by atoms with Crippen LogP contribution in [0.25, 0.3) is 10.9 Å². The Hall–Kier alpha value is -4.71. The number of nitrogens with one attached hydrogen (secondary N) is 1. The van der Waals surface area contributed by atoms with Gasteiger partial charge in [-0.05, 0) is 41.8 Å². The topological polar surface area (TPSA) is 124 Å². The van der Waals surface area contributed by atoms with E-state index in [1.54, 1.807) is 36.4 Å². The summed E-state index contributed by atoms with van der Waals surface area (Å²) >= 11 is 0. The van der Waals surface area contributed by atoms with Crippen LogP contribution in [0.15, 0.2) is 72.1 Å². The van der Waals surface area contributed by atoms with E-state index in [0.717, 1.165) is 27.0 Å². The summed E-state index contributed by atoms with van der Waals surface area (Å²) in [6.45, 7) is 2.47. The first-order valence-electron chi connectivity index (χ1n) is 11.0. The van der Waals surface area contributed by atoms with E-state index in [1.807, 2.05) is 25.4 Å². The van der Waals surface area contributed by atoms with Gasteiger partial charge >= 0.3 is 5.97 Å². The van der Waals surface area contributed by atoms with E-state index in [9.17, 15) is 20.1 Å². The third-order valence-electron chi connectivity index (χ3n) is 5.91. The fourth-order valence-electron chi connectivity index (χ4n) is 4.31. The first kappa shape index (κ1) is 23.4. The summed E-state index contributed by atoms with van der Waals surface area (Å²) in [6.07, 6.45) is 1.66. The molecule has 9 nitrogen and oxygen atoms in total. The van der Waals surface area contributed by atoms with Gasteiger partial charge in [0.2, 0.25) is 0 Å². The number of benzene rings is 2. The molecule has 176 valence electrons. The van der Waals surface area contributed by atoms with Crippen LogP contribution in [0, 0.1) is 23.2 Å². The molecule has 0 saturated carbocycles. The van der Waals surface area contributed by atoms with Gasteiger partial charge in [0.25, 0.3) is 0 Å². The van der Waals surface area contributed by atoms with E-state index < -0.39 is 12.0 Å². The Morgan fingerprint density at radius 3 is 2.66 bits per heavy atom. The van der Waals surface area contributed by atoms with Crippen LogP contribution in [0.1, 0.15) is 34.8 Å². The molecule has 1 atom stereocenters. The molecule has 0 radical (unpaired) electrons. The van der Waals surface area contributed by atoms with Crippen LogP contribution in [-0.2, 0) is 18.4 Å². The average molecular weight is 469 g/mol. The SMILES string of the molecule is Cc1cccc2c1c(CNc1ccc(C#N)nc1N(N=O)C(CC(=O)O)c1ccccc1)cn2C. The summed E-state index contributed by atoms with van der Waals surface area (Å²) < 4.78 is 2.05. The summed E-state index contributed by atoms with van der Waals surface area (Å²) in [4.78, 5) is 28.1. The number of pyridine rings is 1. The number of aromatic nitrogens is 2. The zero-order chi connectivity index (χ0) is 24.9. The Morgan fingerprint density at radius 1 is 1.20 bits per heavy atom. The number of fused-ring (bicyclic) bond motifs is 1. The Morgan fingerprint density at radius 2 is 1.97 bits per heavy atom. The van der Waals surface area contributed by atoms with Crippen molar-refractivity contribution >= 4 is 28.4 Å². The van der Waals surface area contributed by atoms with Gasteiger partial charge in [-0.25, -0.2) is 9.99 Å². The molecule has 0 aliphatic heterocycles. The second-order valence-corrected chi connectivity index (χ2v) is 8.22. The molecule has 2 aromatic carbocycles. The number of anilines is 2. The van der Waals surface area contributed by atoms with Crippen molar-refractivity contribution in [1.29, 1.82) is 5.26 Å². The molecule has 2 heterocycles. The lowest BCUT2D eigenvalue weighted by Crippen LogP contribution is -2.27. The Bertz CT molecular complexity index is 1420. The lowest BCUT2D eigenvalue weighted by Gasteiger charge is -2.26. The van der Waals surface area contributed by atoms with Gasteiger partial charge in [-0.3, -0.25) is 4.79 Å². The van der Waals surface area contributed by atoms with E-state index in [2.05, 4.69) is 39.2 Å². The van der Waals surface area contributed by atoms with Crippen molar-refractivity contribution in [3.8, 4) is 6.07 Å². The van der Waals surface area contributed by atoms with E-state index in [1.165, 1.54) is 6.07 Å². The monoisotopic (exact) mass is 468 g/mol. The van der Waals surface area contributed by atoms with Crippen LogP contribution in [0.2, 0.25) is 0 Å². The van der Waals surface area contributed by atoms with E-state index in [0.29, 0.717) is 17.8 Å². The fourth-order valence-corrected chi connectivity index (χ4v) is 4.31. The molecule has 35 heavy (non-hydrogen) atoms. The highest BCUT2D eigenvalue weighted by molar-refractivity contribution is 5.87. The van der Waals surface area contributed by atoms with Gasteiger partial charge < -0.3 is 15.0 Å². The molecule has 9 heteroatoms. The highest BCUT2D eigenvalue weighted by Crippen LogP contribution is 2.35. The van der Waals surface area contributed by atoms with E-state index in [4.69, 9.17) is 0 Å². The number of aryl methyl sites for hydroxylation is 2. The molecule has 4 aromatic rings. The minimum Gasteiger partial charge on any atom is -0.481 e. The maximum atomic E-state index is 12.1. The Kier molecular flexibility index (Phi) is 6.73. The molecular formula is C26H24N6O3. The predicted octanol–water partition coefficient (Wildman–Crippen LogP) is 5.07. The molecule has 0 bridgehead atoms. The van der Waals surface area contributed by atoms with Crippen LogP contribution in [0.4, 0.5) is 11.5 Å². The molecule has 0 spiro atoms. The van der Waals surface area contributed by atoms with Gasteiger partial charge in [0.15, 0.2) is 5.82 Å². The summed E-state index contributed by atoms with van der Waals surface area (Å²) in [7, 11) is 1.98. The summed E-state index contributed by atoms with van der Waals surface area (Å²) in [5, 5.41) is 27.6. The lowest BCUT2D eigenvalue weighted by molar-refractivity contribution is -0.137. The quantitative estimate of drug-likeness (QED) is 0.260. The van der Waals surface area contributed by atoms with Crippen molar-refractivity contribution in [3.63, 3.8) is 0 Å². The minimum atomic E-state index is -1.09. The summed E-state index contributed by atoms with van der Waals surface area (Å²) in [6, 6.07) is 19.1. The van der Waals surface area contributed by atoms with Gasteiger partial charge in [0.1, 0.15) is 11.8 Å². The average Bonchev–Trinajstić information content (AvgIpc) is 3.19. The number of hydrogen-bond donors (Lipinski definition) is 2. The maximum Gasteiger partial charge on any atom is 0.305 e. The van der Waals surface area contributed by atoms with Crippen molar-refractivity contribution in [2.45, 2.75) is 25.9 Å². The zero-order valence-corrected chi connectivity index (χ0v) is 19.3. The number of hydrogen-bond acceptors (Lipinski definition) is 6. The summed E-state index contributed by atoms with van der Waals surface area (Å²) in [5.41, 5.74) is 4.42. The van der Waals surface area contributed by atoms with Crippen LogP contribution >= 0.6 is 0 Å². The Balaban J connectivity index is 1.74. The van der Waals surface area contributed by atoms with E-state index in [-0.39, 0.29) is 17.9 Å². The van der Waals surface area contributed by atoms with Crippen molar-refractivity contribution in [2.24, 2.45) is 12.3 Å². The van der Waals surface area contributed by atoms with Crippen LogP contribution in [0.3, 0.4) is 0 Å². The highest BCUT2D eigenvalue weighted by Gasteiger charge is 2.28. The number of carbonyl (C=O) groups is 1. The van der Waals surface area contributed by atoms with E-state index >= 15 is 0 Å². The van der Waals surface area contributed by atoms with Gasteiger partial charge in [-0.1, -0.05) is 42.5 Å². The standard InChI is InChI=1S/C26H24N6O3/c1-17-7-6-10-22-25(17)19(16-31(22)2)15-28-21-12-11-20(14-27)29-26(21)32(30-35)23(13-24(33)34)18-8-4-3-5-9-18/h3-12,16,23,28H,13,15H2,1-2H3,(H,33,34). The van der Waals surface area contributed by atoms with Crippen molar-refractivity contribution in [2.75, 3.05) is 10.3 Å². The molecule has 4 rings (SSSR count). The molecule has 0 aliphatic carbocycles. The molecule has 0 aliphatic rings. The maximum absolute atomic E-state index is 12.1. The van der Waals surface area contributed by atoms with Gasteiger partial charge in [0.05, 0.1) is 23.4 Å². The number of aliphatic carboxylic acids is 1. The molecule has 2 aromatic heterocycles. The lowest BCUT2D eigenvalue weighted by atomic mass is 10.0. The van der Waals surface area contributed by atoms with Gasteiger partial charge in [-0.15, -0.1) is 4.91 Å².